The summed E-state index contributed by atoms with van der Waals surface area (Å²) in [6, 6.07) is 7.20. The van der Waals surface area contributed by atoms with Crippen molar-refractivity contribution in [2.24, 2.45) is 0 Å². The molecule has 1 heterocycles. The first-order valence-electron chi connectivity index (χ1n) is 10.9. The van der Waals surface area contributed by atoms with E-state index in [1.165, 1.54) is 6.07 Å². The SMILES string of the molecule is COCC1(c2nc3c(c(-c4cc(OC)ccc4F)c2C#N)CCCCC3)CCCC1. The van der Waals surface area contributed by atoms with Gasteiger partial charge < -0.3 is 9.47 Å². The molecule has 1 saturated carbocycles. The minimum Gasteiger partial charge on any atom is -0.497 e. The Morgan fingerprint density at radius 1 is 1.10 bits per heavy atom. The van der Waals surface area contributed by atoms with Crippen LogP contribution in [0.1, 0.15) is 67.5 Å². The van der Waals surface area contributed by atoms with Gasteiger partial charge in [-0.2, -0.15) is 5.26 Å². The topological polar surface area (TPSA) is 55.1 Å². The van der Waals surface area contributed by atoms with Crippen LogP contribution in [0.25, 0.3) is 11.1 Å². The number of halogens is 1. The van der Waals surface area contributed by atoms with Gasteiger partial charge in [-0.25, -0.2) is 4.39 Å². The van der Waals surface area contributed by atoms with Crippen LogP contribution in [0.3, 0.4) is 0 Å². The fourth-order valence-corrected chi connectivity index (χ4v) is 5.31. The number of ether oxygens (including phenoxy) is 2. The van der Waals surface area contributed by atoms with Gasteiger partial charge in [0.15, 0.2) is 0 Å². The summed E-state index contributed by atoms with van der Waals surface area (Å²) < 4.78 is 26.1. The van der Waals surface area contributed by atoms with E-state index in [9.17, 15) is 5.26 Å². The lowest BCUT2D eigenvalue weighted by molar-refractivity contribution is 0.129. The van der Waals surface area contributed by atoms with Gasteiger partial charge in [0, 0.05) is 29.3 Å². The molecule has 0 saturated heterocycles. The van der Waals surface area contributed by atoms with E-state index in [4.69, 9.17) is 14.5 Å². The van der Waals surface area contributed by atoms with Crippen LogP contribution >= 0.6 is 0 Å². The van der Waals surface area contributed by atoms with Crippen molar-refractivity contribution in [2.45, 2.75) is 63.2 Å². The third-order valence-electron chi connectivity index (χ3n) is 6.76. The van der Waals surface area contributed by atoms with Crippen molar-refractivity contribution in [3.8, 4) is 22.9 Å². The number of hydrogen-bond acceptors (Lipinski definition) is 4. The number of hydrogen-bond donors (Lipinski definition) is 0. The highest BCUT2D eigenvalue weighted by Crippen LogP contribution is 2.46. The quantitative estimate of drug-likeness (QED) is 0.614. The highest BCUT2D eigenvalue weighted by atomic mass is 19.1. The van der Waals surface area contributed by atoms with Gasteiger partial charge in [0.2, 0.25) is 0 Å². The monoisotopic (exact) mass is 408 g/mol. The van der Waals surface area contributed by atoms with E-state index >= 15 is 4.39 Å². The van der Waals surface area contributed by atoms with Crippen LogP contribution in [0.4, 0.5) is 4.39 Å². The number of nitriles is 1. The normalized spacial score (nSPS) is 17.8. The highest BCUT2D eigenvalue weighted by molar-refractivity contribution is 5.77. The number of benzene rings is 1. The van der Waals surface area contributed by atoms with Crippen LogP contribution in [-0.4, -0.2) is 25.8 Å². The maximum Gasteiger partial charge on any atom is 0.131 e. The van der Waals surface area contributed by atoms with Crippen LogP contribution in [0.2, 0.25) is 0 Å². The first-order valence-corrected chi connectivity index (χ1v) is 10.9. The molecule has 0 atom stereocenters. The van der Waals surface area contributed by atoms with Crippen LogP contribution < -0.4 is 4.74 Å². The average molecular weight is 409 g/mol. The van der Waals surface area contributed by atoms with Gasteiger partial charge in [0.05, 0.1) is 25.0 Å². The van der Waals surface area contributed by atoms with Gasteiger partial charge in [-0.05, 0) is 62.3 Å². The van der Waals surface area contributed by atoms with Gasteiger partial charge >= 0.3 is 0 Å². The molecule has 0 N–H and O–H groups in total. The number of rotatable bonds is 5. The van der Waals surface area contributed by atoms with E-state index < -0.39 is 0 Å². The largest absolute Gasteiger partial charge is 0.497 e. The summed E-state index contributed by atoms with van der Waals surface area (Å²) in [7, 11) is 3.28. The van der Waals surface area contributed by atoms with Crippen LogP contribution in [0.15, 0.2) is 18.2 Å². The van der Waals surface area contributed by atoms with Crippen LogP contribution in [0, 0.1) is 17.1 Å². The van der Waals surface area contributed by atoms with Crippen molar-refractivity contribution >= 4 is 0 Å². The van der Waals surface area contributed by atoms with Crippen molar-refractivity contribution in [3.63, 3.8) is 0 Å². The third-order valence-corrected chi connectivity index (χ3v) is 6.76. The van der Waals surface area contributed by atoms with Gasteiger partial charge in [0.1, 0.15) is 17.6 Å². The summed E-state index contributed by atoms with van der Waals surface area (Å²) in [4.78, 5) is 5.12. The molecule has 0 aliphatic heterocycles. The number of aryl methyl sites for hydroxylation is 1. The van der Waals surface area contributed by atoms with Gasteiger partial charge in [-0.1, -0.05) is 19.3 Å². The molecule has 0 amide bonds. The second kappa shape index (κ2) is 8.73. The number of aromatic nitrogens is 1. The van der Waals surface area contributed by atoms with E-state index in [0.717, 1.165) is 80.3 Å². The Balaban J connectivity index is 2.05. The molecule has 1 fully saturated rings. The fraction of sp³-hybridized carbons (Fsp3) is 0.520. The molecule has 4 rings (SSSR count). The maximum absolute atomic E-state index is 15.1. The average Bonchev–Trinajstić information content (AvgIpc) is 3.11. The number of nitrogens with zero attached hydrogens (tertiary/aromatic N) is 2. The third kappa shape index (κ3) is 3.58. The van der Waals surface area contributed by atoms with E-state index in [1.807, 2.05) is 0 Å². The number of fused-ring (bicyclic) bond motifs is 1. The zero-order valence-corrected chi connectivity index (χ0v) is 17.9. The fourth-order valence-electron chi connectivity index (χ4n) is 5.31. The molecule has 2 aromatic rings. The van der Waals surface area contributed by atoms with Crippen LogP contribution in [0.5, 0.6) is 5.75 Å². The minimum atomic E-state index is -0.330. The maximum atomic E-state index is 15.1. The van der Waals surface area contributed by atoms with Crippen LogP contribution in [-0.2, 0) is 23.0 Å². The molecular weight excluding hydrogens is 379 g/mol. The Kier molecular flexibility index (Phi) is 6.06. The molecule has 0 radical (unpaired) electrons. The van der Waals surface area contributed by atoms with E-state index in [2.05, 4.69) is 6.07 Å². The molecule has 30 heavy (non-hydrogen) atoms. The Labute approximate surface area is 178 Å². The Bertz CT molecular complexity index is 974. The molecule has 1 aromatic heterocycles. The summed E-state index contributed by atoms with van der Waals surface area (Å²) in [5, 5.41) is 10.3. The number of methoxy groups -OCH3 is 2. The summed E-state index contributed by atoms with van der Waals surface area (Å²) >= 11 is 0. The molecule has 2 aliphatic rings. The second-order valence-electron chi connectivity index (χ2n) is 8.57. The molecule has 0 unspecified atom stereocenters. The highest BCUT2D eigenvalue weighted by Gasteiger charge is 2.41. The van der Waals surface area contributed by atoms with Crippen molar-refractivity contribution in [2.75, 3.05) is 20.8 Å². The Morgan fingerprint density at radius 3 is 2.57 bits per heavy atom. The number of pyridine rings is 1. The zero-order chi connectivity index (χ0) is 21.1. The summed E-state index contributed by atoms with van der Waals surface area (Å²) in [6.07, 6.45) is 8.99. The van der Waals surface area contributed by atoms with Crippen molar-refractivity contribution in [1.29, 1.82) is 5.26 Å². The first-order chi connectivity index (χ1) is 14.6. The molecule has 4 nitrogen and oxygen atoms in total. The molecule has 5 heteroatoms. The molecule has 1 aromatic carbocycles. The Hall–Kier alpha value is -2.45. The molecular formula is C25H29FN2O2. The smallest absolute Gasteiger partial charge is 0.131 e. The Morgan fingerprint density at radius 2 is 1.87 bits per heavy atom. The van der Waals surface area contributed by atoms with Gasteiger partial charge in [0.25, 0.3) is 0 Å². The molecule has 2 aliphatic carbocycles. The molecule has 0 bridgehead atoms. The zero-order valence-electron chi connectivity index (χ0n) is 17.9. The van der Waals surface area contributed by atoms with Gasteiger partial charge in [-0.3, -0.25) is 4.98 Å². The molecule has 0 spiro atoms. The van der Waals surface area contributed by atoms with Crippen molar-refractivity contribution in [1.82, 2.24) is 4.98 Å². The summed E-state index contributed by atoms with van der Waals surface area (Å²) in [5.41, 5.74) is 4.28. The lowest BCUT2D eigenvalue weighted by Gasteiger charge is -2.31. The summed E-state index contributed by atoms with van der Waals surface area (Å²) in [6.45, 7) is 0.535. The van der Waals surface area contributed by atoms with Crippen molar-refractivity contribution in [3.05, 3.63) is 46.5 Å². The predicted octanol–water partition coefficient (Wildman–Crippen LogP) is 5.50. The minimum absolute atomic E-state index is 0.273. The standard InChI is InChI=1S/C25H29FN2O2/c1-29-16-25(12-6-7-13-25)24-20(15-27)23(18-8-4-3-5-9-22(18)28-24)19-14-17(30-2)10-11-21(19)26/h10-11,14H,3-9,12-13,16H2,1-2H3. The summed E-state index contributed by atoms with van der Waals surface area (Å²) in [5.74, 6) is 0.256. The second-order valence-corrected chi connectivity index (χ2v) is 8.57. The predicted molar refractivity (Wildman–Crippen MR) is 114 cm³/mol. The lowest BCUT2D eigenvalue weighted by Crippen LogP contribution is -2.31. The molecule has 158 valence electrons. The van der Waals surface area contributed by atoms with Crippen molar-refractivity contribution < 1.29 is 13.9 Å². The lowest BCUT2D eigenvalue weighted by atomic mass is 9.77. The van der Waals surface area contributed by atoms with Gasteiger partial charge in [-0.15, -0.1) is 0 Å². The van der Waals surface area contributed by atoms with E-state index in [1.54, 1.807) is 26.4 Å². The first kappa shape index (κ1) is 20.8. The van der Waals surface area contributed by atoms with E-state index in [-0.39, 0.29) is 11.2 Å². The van der Waals surface area contributed by atoms with E-state index in [0.29, 0.717) is 23.5 Å².